The van der Waals surface area contributed by atoms with Crippen LogP contribution >= 0.6 is 12.6 Å². The van der Waals surface area contributed by atoms with Crippen LogP contribution in [0, 0.1) is 0 Å². The fraction of sp³-hybridized carbons (Fsp3) is 1.00. The second kappa shape index (κ2) is 12.3. The van der Waals surface area contributed by atoms with Gasteiger partial charge in [-0.1, -0.05) is 77.3 Å². The Kier molecular flexibility index (Phi) is 12.5. The van der Waals surface area contributed by atoms with Gasteiger partial charge in [0.25, 0.3) is 0 Å². The summed E-state index contributed by atoms with van der Waals surface area (Å²) in [5.74, 6) is 0.847. The van der Waals surface area contributed by atoms with E-state index in [1.165, 1.54) is 51.4 Å². The molecule has 0 aliphatic rings. The van der Waals surface area contributed by atoms with Crippen LogP contribution in [0.4, 0.5) is 0 Å². The first-order chi connectivity index (χ1) is 8.62. The van der Waals surface area contributed by atoms with Gasteiger partial charge < -0.3 is 0 Å². The van der Waals surface area contributed by atoms with Crippen LogP contribution in [0.5, 0.6) is 0 Å². The largest absolute Gasteiger partial charge is 0.229 e. The van der Waals surface area contributed by atoms with Crippen molar-refractivity contribution in [2.24, 2.45) is 0 Å². The Labute approximate surface area is 119 Å². The van der Waals surface area contributed by atoms with E-state index in [-0.39, 0.29) is 5.75 Å². The average Bonchev–Trinajstić information content (AvgIpc) is 2.31. The summed E-state index contributed by atoms with van der Waals surface area (Å²) < 4.78 is 22.8. The van der Waals surface area contributed by atoms with Crippen molar-refractivity contribution in [2.45, 2.75) is 71.1 Å². The molecular formula is C14H29O2S2. The van der Waals surface area contributed by atoms with Gasteiger partial charge in [-0.2, -0.15) is 0 Å². The van der Waals surface area contributed by atoms with E-state index in [9.17, 15) is 8.42 Å². The molecule has 0 unspecified atom stereocenters. The summed E-state index contributed by atoms with van der Waals surface area (Å²) in [6.45, 7) is 2.24. The molecule has 4 heteroatoms. The molecule has 0 saturated heterocycles. The van der Waals surface area contributed by atoms with E-state index in [4.69, 9.17) is 12.6 Å². The Balaban J connectivity index is 3.21. The molecule has 0 heterocycles. The highest BCUT2D eigenvalue weighted by Crippen LogP contribution is 2.11. The van der Waals surface area contributed by atoms with E-state index >= 15 is 0 Å². The molecule has 0 atom stereocenters. The predicted octanol–water partition coefficient (Wildman–Crippen LogP) is 4.52. The second-order valence-electron chi connectivity index (χ2n) is 5.04. The van der Waals surface area contributed by atoms with Gasteiger partial charge in [0, 0.05) is 5.75 Å². The molecule has 2 nitrogen and oxygen atoms in total. The van der Waals surface area contributed by atoms with Crippen molar-refractivity contribution in [3.8, 4) is 0 Å². The Bertz CT molecular complexity index is 261. The molecule has 0 rings (SSSR count). The van der Waals surface area contributed by atoms with Gasteiger partial charge in [-0.25, -0.2) is 8.42 Å². The van der Waals surface area contributed by atoms with Crippen LogP contribution in [-0.2, 0) is 9.84 Å². The molecular weight excluding hydrogens is 264 g/mol. The summed E-state index contributed by atoms with van der Waals surface area (Å²) in [6, 6.07) is 0. The van der Waals surface area contributed by atoms with Gasteiger partial charge in [-0.3, -0.25) is 0 Å². The van der Waals surface area contributed by atoms with E-state index in [0.717, 1.165) is 12.8 Å². The molecule has 0 aromatic rings. The molecule has 0 aliphatic heterocycles. The van der Waals surface area contributed by atoms with E-state index in [2.05, 4.69) is 6.92 Å². The minimum absolute atomic E-state index is 0.180. The Hall–Kier alpha value is 0.300. The maximum Gasteiger partial charge on any atom is 0.151 e. The summed E-state index contributed by atoms with van der Waals surface area (Å²) >= 11 is 4.70. The summed E-state index contributed by atoms with van der Waals surface area (Å²) in [7, 11) is -2.84. The Morgan fingerprint density at radius 3 is 1.61 bits per heavy atom. The van der Waals surface area contributed by atoms with Crippen LogP contribution in [0.3, 0.4) is 0 Å². The summed E-state index contributed by atoms with van der Waals surface area (Å²) in [5, 5.41) is 0. The molecule has 0 amide bonds. The standard InChI is InChI=1S/C14H29O2S2/c1-2-3-4-5-6-7-8-9-10-11-13-18(15,16)14-12-17/h2-14H2,1H3. The first-order valence-electron chi connectivity index (χ1n) is 7.41. The van der Waals surface area contributed by atoms with Gasteiger partial charge >= 0.3 is 0 Å². The zero-order valence-corrected chi connectivity index (χ0v) is 13.5. The first kappa shape index (κ1) is 18.3. The molecule has 0 bridgehead atoms. The highest BCUT2D eigenvalue weighted by atomic mass is 32.2. The van der Waals surface area contributed by atoms with Gasteiger partial charge in [0.15, 0.2) is 9.84 Å². The van der Waals surface area contributed by atoms with Crippen molar-refractivity contribution < 1.29 is 8.42 Å². The molecule has 0 N–H and O–H groups in total. The normalized spacial score (nSPS) is 11.9. The number of hydrogen-bond donors (Lipinski definition) is 0. The summed E-state index contributed by atoms with van der Waals surface area (Å²) in [5.41, 5.74) is 0. The molecule has 0 aliphatic carbocycles. The van der Waals surface area contributed by atoms with Crippen LogP contribution < -0.4 is 0 Å². The quantitative estimate of drug-likeness (QED) is 0.468. The molecule has 1 radical (unpaired) electrons. The van der Waals surface area contributed by atoms with Crippen molar-refractivity contribution >= 4 is 22.5 Å². The lowest BCUT2D eigenvalue weighted by molar-refractivity contribution is 0.558. The highest BCUT2D eigenvalue weighted by molar-refractivity contribution is 7.92. The number of rotatable bonds is 13. The maximum atomic E-state index is 11.4. The van der Waals surface area contributed by atoms with E-state index in [1.807, 2.05) is 0 Å². The average molecular weight is 294 g/mol. The van der Waals surface area contributed by atoms with Crippen LogP contribution in [0.1, 0.15) is 71.1 Å². The van der Waals surface area contributed by atoms with Crippen LogP contribution in [0.2, 0.25) is 0 Å². The molecule has 0 saturated carbocycles. The van der Waals surface area contributed by atoms with Crippen molar-refractivity contribution in [1.29, 1.82) is 0 Å². The van der Waals surface area contributed by atoms with Crippen LogP contribution in [-0.4, -0.2) is 25.7 Å². The zero-order valence-electron chi connectivity index (χ0n) is 11.8. The van der Waals surface area contributed by atoms with Gasteiger partial charge in [-0.15, -0.1) is 0 Å². The lowest BCUT2D eigenvalue weighted by atomic mass is 10.1. The predicted molar refractivity (Wildman–Crippen MR) is 83.0 cm³/mol. The van der Waals surface area contributed by atoms with Crippen LogP contribution in [0.25, 0.3) is 0 Å². The van der Waals surface area contributed by atoms with Gasteiger partial charge in [0.2, 0.25) is 0 Å². The molecule has 18 heavy (non-hydrogen) atoms. The molecule has 0 fully saturated rings. The summed E-state index contributed by atoms with van der Waals surface area (Å²) in [4.78, 5) is 0. The number of unbranched alkanes of at least 4 members (excludes halogenated alkanes) is 9. The van der Waals surface area contributed by atoms with Gasteiger partial charge in [-0.05, 0) is 6.42 Å². The lowest BCUT2D eigenvalue weighted by Crippen LogP contribution is -2.11. The van der Waals surface area contributed by atoms with E-state index in [1.54, 1.807) is 0 Å². The fourth-order valence-corrected chi connectivity index (χ4v) is 3.90. The topological polar surface area (TPSA) is 34.1 Å². The van der Waals surface area contributed by atoms with E-state index < -0.39 is 9.84 Å². The third-order valence-corrected chi connectivity index (χ3v) is 5.40. The minimum Gasteiger partial charge on any atom is -0.229 e. The highest BCUT2D eigenvalue weighted by Gasteiger charge is 2.08. The number of sulfone groups is 1. The molecule has 0 aromatic heterocycles. The van der Waals surface area contributed by atoms with Crippen molar-refractivity contribution in [3.63, 3.8) is 0 Å². The Morgan fingerprint density at radius 2 is 1.17 bits per heavy atom. The SMILES string of the molecule is CCCCCCCCCCCCS(=O)(=O)CC[S]. The zero-order chi connectivity index (χ0) is 13.7. The monoisotopic (exact) mass is 293 g/mol. The molecule has 0 spiro atoms. The smallest absolute Gasteiger partial charge is 0.151 e. The molecule has 0 aromatic carbocycles. The first-order valence-corrected chi connectivity index (χ1v) is 9.81. The van der Waals surface area contributed by atoms with Gasteiger partial charge in [0.1, 0.15) is 0 Å². The van der Waals surface area contributed by atoms with Gasteiger partial charge in [0.05, 0.1) is 11.5 Å². The van der Waals surface area contributed by atoms with Crippen molar-refractivity contribution in [2.75, 3.05) is 17.3 Å². The van der Waals surface area contributed by atoms with Crippen molar-refractivity contribution in [1.82, 2.24) is 0 Å². The Morgan fingerprint density at radius 1 is 0.722 bits per heavy atom. The fourth-order valence-electron chi connectivity index (χ4n) is 2.04. The third-order valence-electron chi connectivity index (χ3n) is 3.20. The summed E-state index contributed by atoms with van der Waals surface area (Å²) in [6.07, 6.45) is 12.3. The lowest BCUT2D eigenvalue weighted by Gasteiger charge is -2.03. The maximum absolute atomic E-state index is 11.4. The van der Waals surface area contributed by atoms with Crippen LogP contribution in [0.15, 0.2) is 0 Å². The minimum atomic E-state index is -2.84. The third kappa shape index (κ3) is 12.7. The second-order valence-corrected chi connectivity index (χ2v) is 7.75. The number of hydrogen-bond acceptors (Lipinski definition) is 2. The molecule has 109 valence electrons. The van der Waals surface area contributed by atoms with E-state index in [0.29, 0.717) is 11.5 Å². The van der Waals surface area contributed by atoms with Crippen molar-refractivity contribution in [3.05, 3.63) is 0 Å².